The average Bonchev–Trinajstić information content (AvgIpc) is 2.94. The molecule has 0 saturated carbocycles. The van der Waals surface area contributed by atoms with Crippen LogP contribution in [0.25, 0.3) is 10.8 Å². The summed E-state index contributed by atoms with van der Waals surface area (Å²) in [5.74, 6) is -2.91. The summed E-state index contributed by atoms with van der Waals surface area (Å²) in [6.45, 7) is 0. The van der Waals surface area contributed by atoms with Crippen molar-refractivity contribution >= 4 is 45.5 Å². The monoisotopic (exact) mass is 335 g/mol. The summed E-state index contributed by atoms with van der Waals surface area (Å²) < 4.78 is 25.0. The number of alkyl halides is 2. The van der Waals surface area contributed by atoms with E-state index in [1.807, 2.05) is 36.4 Å². The van der Waals surface area contributed by atoms with Crippen molar-refractivity contribution in [2.24, 2.45) is 0 Å². The van der Waals surface area contributed by atoms with Gasteiger partial charge in [0.05, 0.1) is 0 Å². The first kappa shape index (κ1) is 15.0. The van der Waals surface area contributed by atoms with Crippen LogP contribution < -0.4 is 5.32 Å². The molecule has 3 aromatic rings. The van der Waals surface area contributed by atoms with Crippen LogP contribution >= 0.6 is 23.1 Å². The zero-order valence-electron chi connectivity index (χ0n) is 11.3. The third-order valence-electron chi connectivity index (χ3n) is 3.06. The minimum atomic E-state index is -2.54. The molecule has 0 bridgehead atoms. The Kier molecular flexibility index (Phi) is 4.40. The molecule has 0 unspecified atom stereocenters. The Labute approximate surface area is 134 Å². The lowest BCUT2D eigenvalue weighted by Crippen LogP contribution is -2.11. The molecule has 1 N–H and O–H groups in total. The van der Waals surface area contributed by atoms with Gasteiger partial charge in [-0.15, -0.1) is 11.3 Å². The molecule has 1 aromatic heterocycles. The number of fused-ring (bicyclic) bond motifs is 1. The number of nitrogens with one attached hydrogen (secondary N) is 1. The van der Waals surface area contributed by atoms with Gasteiger partial charge in [-0.2, -0.15) is 8.78 Å². The maximum atomic E-state index is 12.5. The molecular weight excluding hydrogens is 324 g/mol. The molecule has 1 heterocycles. The SMILES string of the molecule is O=C(Nc1ccc2ccccc2c1)c1sccc1SC(F)F. The minimum absolute atomic E-state index is 0.304. The van der Waals surface area contributed by atoms with Gasteiger partial charge in [0.2, 0.25) is 0 Å². The molecule has 6 heteroatoms. The lowest BCUT2D eigenvalue weighted by atomic mass is 10.1. The predicted molar refractivity (Wildman–Crippen MR) is 88.1 cm³/mol. The van der Waals surface area contributed by atoms with Crippen LogP contribution in [0, 0.1) is 0 Å². The van der Waals surface area contributed by atoms with Gasteiger partial charge in [0.25, 0.3) is 11.7 Å². The van der Waals surface area contributed by atoms with Crippen molar-refractivity contribution in [2.45, 2.75) is 10.7 Å². The van der Waals surface area contributed by atoms with Crippen molar-refractivity contribution in [3.05, 3.63) is 58.8 Å². The number of hydrogen-bond donors (Lipinski definition) is 1. The van der Waals surface area contributed by atoms with E-state index >= 15 is 0 Å². The number of rotatable bonds is 4. The number of thiophene rings is 1. The Bertz CT molecular complexity index is 817. The largest absolute Gasteiger partial charge is 0.321 e. The summed E-state index contributed by atoms with van der Waals surface area (Å²) in [7, 11) is 0. The average molecular weight is 335 g/mol. The van der Waals surface area contributed by atoms with Crippen LogP contribution in [-0.2, 0) is 0 Å². The molecule has 1 amide bonds. The van der Waals surface area contributed by atoms with E-state index in [1.165, 1.54) is 6.07 Å². The van der Waals surface area contributed by atoms with E-state index in [4.69, 9.17) is 0 Å². The first-order valence-electron chi connectivity index (χ1n) is 6.46. The Hall–Kier alpha value is -1.92. The van der Waals surface area contributed by atoms with Crippen LogP contribution in [0.1, 0.15) is 9.67 Å². The summed E-state index contributed by atoms with van der Waals surface area (Å²) >= 11 is 1.55. The van der Waals surface area contributed by atoms with Gasteiger partial charge in [0.15, 0.2) is 0 Å². The molecule has 0 saturated heterocycles. The highest BCUT2D eigenvalue weighted by Crippen LogP contribution is 2.32. The predicted octanol–water partition coefficient (Wildman–Crippen LogP) is 5.47. The van der Waals surface area contributed by atoms with E-state index in [2.05, 4.69) is 5.32 Å². The van der Waals surface area contributed by atoms with Crippen LogP contribution in [0.3, 0.4) is 0 Å². The van der Waals surface area contributed by atoms with E-state index in [9.17, 15) is 13.6 Å². The van der Waals surface area contributed by atoms with E-state index in [-0.39, 0.29) is 5.91 Å². The van der Waals surface area contributed by atoms with Crippen molar-refractivity contribution in [1.82, 2.24) is 0 Å². The van der Waals surface area contributed by atoms with E-state index in [1.54, 1.807) is 11.4 Å². The second-order valence-corrected chi connectivity index (χ2v) is 6.46. The molecule has 0 atom stereocenters. The van der Waals surface area contributed by atoms with Gasteiger partial charge >= 0.3 is 0 Å². The summed E-state index contributed by atoms with van der Waals surface area (Å²) in [5, 5.41) is 6.48. The van der Waals surface area contributed by atoms with Crippen molar-refractivity contribution in [2.75, 3.05) is 5.32 Å². The third kappa shape index (κ3) is 3.28. The smallest absolute Gasteiger partial charge is 0.288 e. The fraction of sp³-hybridized carbons (Fsp3) is 0.0625. The van der Waals surface area contributed by atoms with Crippen LogP contribution in [-0.4, -0.2) is 11.7 Å². The molecular formula is C16H11F2NOS2. The van der Waals surface area contributed by atoms with E-state index in [0.717, 1.165) is 22.1 Å². The molecule has 0 fully saturated rings. The molecule has 2 aromatic carbocycles. The van der Waals surface area contributed by atoms with Crippen molar-refractivity contribution in [1.29, 1.82) is 0 Å². The third-order valence-corrected chi connectivity index (χ3v) is 4.87. The summed E-state index contributed by atoms with van der Waals surface area (Å²) in [4.78, 5) is 12.9. The lowest BCUT2D eigenvalue weighted by molar-refractivity contribution is 0.102. The number of halogens is 2. The molecule has 0 aliphatic carbocycles. The topological polar surface area (TPSA) is 29.1 Å². The normalized spacial score (nSPS) is 11.0. The van der Waals surface area contributed by atoms with Crippen molar-refractivity contribution < 1.29 is 13.6 Å². The molecule has 0 aliphatic rings. The highest BCUT2D eigenvalue weighted by atomic mass is 32.2. The zero-order chi connectivity index (χ0) is 15.5. The highest BCUT2D eigenvalue weighted by molar-refractivity contribution is 7.99. The first-order valence-corrected chi connectivity index (χ1v) is 8.22. The summed E-state index contributed by atoms with van der Waals surface area (Å²) in [5.41, 5.74) is 0.644. The second kappa shape index (κ2) is 6.46. The van der Waals surface area contributed by atoms with Gasteiger partial charge in [-0.05, 0) is 34.4 Å². The van der Waals surface area contributed by atoms with Gasteiger partial charge in [-0.25, -0.2) is 0 Å². The van der Waals surface area contributed by atoms with Crippen LogP contribution in [0.2, 0.25) is 0 Å². The quantitative estimate of drug-likeness (QED) is 0.641. The van der Waals surface area contributed by atoms with Crippen LogP contribution in [0.15, 0.2) is 58.8 Å². The molecule has 2 nitrogen and oxygen atoms in total. The van der Waals surface area contributed by atoms with Crippen molar-refractivity contribution in [3.63, 3.8) is 0 Å². The number of thioether (sulfide) groups is 1. The number of hydrogen-bond acceptors (Lipinski definition) is 3. The first-order chi connectivity index (χ1) is 10.6. The number of benzene rings is 2. The Morgan fingerprint density at radius 3 is 2.64 bits per heavy atom. The van der Waals surface area contributed by atoms with Gasteiger partial charge in [0, 0.05) is 10.6 Å². The molecule has 22 heavy (non-hydrogen) atoms. The highest BCUT2D eigenvalue weighted by Gasteiger charge is 2.17. The Morgan fingerprint density at radius 1 is 1.09 bits per heavy atom. The van der Waals surface area contributed by atoms with E-state index in [0.29, 0.717) is 27.2 Å². The fourth-order valence-corrected chi connectivity index (χ4v) is 3.70. The van der Waals surface area contributed by atoms with Crippen LogP contribution in [0.5, 0.6) is 0 Å². The number of carbonyl (C=O) groups excluding carboxylic acids is 1. The summed E-state index contributed by atoms with van der Waals surface area (Å²) in [6, 6.07) is 14.9. The Morgan fingerprint density at radius 2 is 1.86 bits per heavy atom. The standard InChI is InChI=1S/C16H11F2NOS2/c17-16(18)22-13-7-8-21-14(13)15(20)19-12-6-5-10-3-1-2-4-11(10)9-12/h1-9,16H,(H,19,20). The van der Waals surface area contributed by atoms with Gasteiger partial charge < -0.3 is 5.32 Å². The van der Waals surface area contributed by atoms with Gasteiger partial charge in [0.1, 0.15) is 4.88 Å². The number of amides is 1. The summed E-state index contributed by atoms with van der Waals surface area (Å²) in [6.07, 6.45) is 0. The molecule has 0 radical (unpaired) electrons. The van der Waals surface area contributed by atoms with Crippen LogP contribution in [0.4, 0.5) is 14.5 Å². The van der Waals surface area contributed by atoms with E-state index < -0.39 is 5.76 Å². The number of carbonyl (C=O) groups is 1. The maximum absolute atomic E-state index is 12.5. The van der Waals surface area contributed by atoms with Gasteiger partial charge in [-0.3, -0.25) is 4.79 Å². The Balaban J connectivity index is 1.82. The van der Waals surface area contributed by atoms with Crippen molar-refractivity contribution in [3.8, 4) is 0 Å². The second-order valence-electron chi connectivity index (χ2n) is 4.51. The lowest BCUT2D eigenvalue weighted by Gasteiger charge is -2.07. The zero-order valence-corrected chi connectivity index (χ0v) is 12.9. The molecule has 112 valence electrons. The number of anilines is 1. The molecule has 3 rings (SSSR count). The minimum Gasteiger partial charge on any atom is -0.321 e. The van der Waals surface area contributed by atoms with Gasteiger partial charge in [-0.1, -0.05) is 42.1 Å². The molecule has 0 aliphatic heterocycles. The fourth-order valence-electron chi connectivity index (χ4n) is 2.11. The molecule has 0 spiro atoms. The maximum Gasteiger partial charge on any atom is 0.288 e.